The molecule has 0 saturated heterocycles. The molecule has 1 aromatic carbocycles. The SMILES string of the molecule is NCCCOP(=O)(O)Cc1ccccc1. The summed E-state index contributed by atoms with van der Waals surface area (Å²) in [5.41, 5.74) is 6.06. The number of nitrogens with two attached hydrogens (primary N) is 1. The minimum atomic E-state index is -3.50. The lowest BCUT2D eigenvalue weighted by Crippen LogP contribution is -2.04. The van der Waals surface area contributed by atoms with E-state index in [0.717, 1.165) is 5.56 Å². The summed E-state index contributed by atoms with van der Waals surface area (Å²) in [5.74, 6) is 0. The quantitative estimate of drug-likeness (QED) is 0.575. The van der Waals surface area contributed by atoms with Gasteiger partial charge in [0.1, 0.15) is 0 Å². The molecule has 0 fully saturated rings. The molecular weight excluding hydrogens is 213 g/mol. The van der Waals surface area contributed by atoms with Gasteiger partial charge in [0, 0.05) is 0 Å². The van der Waals surface area contributed by atoms with Crippen LogP contribution in [0.2, 0.25) is 0 Å². The summed E-state index contributed by atoms with van der Waals surface area (Å²) in [5, 5.41) is 0. The van der Waals surface area contributed by atoms with Crippen molar-refractivity contribution in [2.45, 2.75) is 12.6 Å². The summed E-state index contributed by atoms with van der Waals surface area (Å²) in [6.07, 6.45) is 0.651. The van der Waals surface area contributed by atoms with Crippen molar-refractivity contribution in [1.29, 1.82) is 0 Å². The lowest BCUT2D eigenvalue weighted by Gasteiger charge is -2.11. The van der Waals surface area contributed by atoms with Crippen LogP contribution in [0, 0.1) is 0 Å². The summed E-state index contributed by atoms with van der Waals surface area (Å²) in [6, 6.07) is 9.12. The first-order chi connectivity index (χ1) is 7.14. The monoisotopic (exact) mass is 229 g/mol. The van der Waals surface area contributed by atoms with Gasteiger partial charge in [0.2, 0.25) is 0 Å². The molecular formula is C10H16NO3P. The Labute approximate surface area is 89.6 Å². The third-order valence-electron chi connectivity index (χ3n) is 1.87. The third-order valence-corrected chi connectivity index (χ3v) is 3.22. The van der Waals surface area contributed by atoms with Crippen molar-refractivity contribution in [2.24, 2.45) is 5.73 Å². The molecule has 0 heterocycles. The van der Waals surface area contributed by atoms with Crippen molar-refractivity contribution >= 4 is 7.60 Å². The predicted molar refractivity (Wildman–Crippen MR) is 59.6 cm³/mol. The fraction of sp³-hybridized carbons (Fsp3) is 0.400. The van der Waals surface area contributed by atoms with Gasteiger partial charge in [-0.15, -0.1) is 0 Å². The summed E-state index contributed by atoms with van der Waals surface area (Å²) < 4.78 is 16.5. The Bertz CT molecular complexity index is 329. The van der Waals surface area contributed by atoms with Crippen LogP contribution < -0.4 is 5.73 Å². The molecule has 0 saturated carbocycles. The molecule has 0 bridgehead atoms. The van der Waals surface area contributed by atoms with Crippen LogP contribution >= 0.6 is 7.60 Å². The Morgan fingerprint density at radius 3 is 2.60 bits per heavy atom. The molecule has 0 amide bonds. The topological polar surface area (TPSA) is 72.5 Å². The minimum Gasteiger partial charge on any atom is -0.330 e. The van der Waals surface area contributed by atoms with Gasteiger partial charge in [-0.1, -0.05) is 30.3 Å². The second-order valence-corrected chi connectivity index (χ2v) is 5.11. The molecule has 0 aliphatic heterocycles. The normalized spacial score (nSPS) is 14.8. The first-order valence-electron chi connectivity index (χ1n) is 4.84. The average molecular weight is 229 g/mol. The van der Waals surface area contributed by atoms with Gasteiger partial charge in [0.15, 0.2) is 0 Å². The zero-order valence-corrected chi connectivity index (χ0v) is 9.40. The largest absolute Gasteiger partial charge is 0.332 e. The van der Waals surface area contributed by atoms with Crippen molar-refractivity contribution in [2.75, 3.05) is 13.2 Å². The van der Waals surface area contributed by atoms with Crippen LogP contribution in [0.15, 0.2) is 30.3 Å². The zero-order valence-electron chi connectivity index (χ0n) is 8.50. The molecule has 0 aliphatic carbocycles. The lowest BCUT2D eigenvalue weighted by molar-refractivity contribution is 0.256. The van der Waals surface area contributed by atoms with Gasteiger partial charge in [-0.2, -0.15) is 0 Å². The standard InChI is InChI=1S/C10H16NO3P/c11-7-4-8-14-15(12,13)9-10-5-2-1-3-6-10/h1-3,5-6H,4,7-9,11H2,(H,12,13). The maximum absolute atomic E-state index is 11.6. The van der Waals surface area contributed by atoms with E-state index >= 15 is 0 Å². The Morgan fingerprint density at radius 2 is 2.00 bits per heavy atom. The van der Waals surface area contributed by atoms with Crippen molar-refractivity contribution in [3.63, 3.8) is 0 Å². The van der Waals surface area contributed by atoms with Gasteiger partial charge < -0.3 is 15.2 Å². The van der Waals surface area contributed by atoms with Crippen molar-refractivity contribution < 1.29 is 14.0 Å². The van der Waals surface area contributed by atoms with Crippen LogP contribution in [0.4, 0.5) is 0 Å². The van der Waals surface area contributed by atoms with E-state index in [9.17, 15) is 9.46 Å². The second-order valence-electron chi connectivity index (χ2n) is 3.26. The van der Waals surface area contributed by atoms with Gasteiger partial charge in [-0.25, -0.2) is 0 Å². The first kappa shape index (κ1) is 12.4. The number of hydrogen-bond donors (Lipinski definition) is 2. The molecule has 1 unspecified atom stereocenters. The van der Waals surface area contributed by atoms with E-state index < -0.39 is 7.60 Å². The number of rotatable bonds is 6. The fourth-order valence-corrected chi connectivity index (χ4v) is 2.33. The maximum Gasteiger partial charge on any atom is 0.332 e. The minimum absolute atomic E-state index is 0.0540. The van der Waals surface area contributed by atoms with E-state index in [4.69, 9.17) is 10.3 Å². The molecule has 1 rings (SSSR count). The maximum atomic E-state index is 11.6. The third kappa shape index (κ3) is 5.09. The highest BCUT2D eigenvalue weighted by atomic mass is 31.2. The van der Waals surface area contributed by atoms with Crippen LogP contribution in [-0.2, 0) is 15.3 Å². The molecule has 1 atom stereocenters. The first-order valence-corrected chi connectivity index (χ1v) is 6.61. The lowest BCUT2D eigenvalue weighted by atomic mass is 10.2. The van der Waals surface area contributed by atoms with Crippen molar-refractivity contribution in [3.05, 3.63) is 35.9 Å². The molecule has 3 N–H and O–H groups in total. The van der Waals surface area contributed by atoms with Crippen LogP contribution in [-0.4, -0.2) is 18.0 Å². The predicted octanol–water partition coefficient (Wildman–Crippen LogP) is 1.74. The Kier molecular flexibility index (Phi) is 4.99. The highest BCUT2D eigenvalue weighted by Gasteiger charge is 2.19. The Hall–Kier alpha value is -0.670. The summed E-state index contributed by atoms with van der Waals surface area (Å²) >= 11 is 0. The van der Waals surface area contributed by atoms with E-state index in [2.05, 4.69) is 0 Å². The van der Waals surface area contributed by atoms with Gasteiger partial charge in [-0.05, 0) is 18.5 Å². The van der Waals surface area contributed by atoms with Gasteiger partial charge in [0.25, 0.3) is 0 Å². The molecule has 0 aromatic heterocycles. The highest BCUT2D eigenvalue weighted by molar-refractivity contribution is 7.51. The van der Waals surface area contributed by atoms with Gasteiger partial charge >= 0.3 is 7.60 Å². The molecule has 5 heteroatoms. The highest BCUT2D eigenvalue weighted by Crippen LogP contribution is 2.45. The van der Waals surface area contributed by atoms with E-state index in [1.165, 1.54) is 0 Å². The van der Waals surface area contributed by atoms with E-state index in [0.29, 0.717) is 13.0 Å². The molecule has 0 spiro atoms. The molecule has 0 aliphatic rings. The van der Waals surface area contributed by atoms with Crippen molar-refractivity contribution in [3.8, 4) is 0 Å². The summed E-state index contributed by atoms with van der Waals surface area (Å²) in [6.45, 7) is 0.697. The Morgan fingerprint density at radius 1 is 1.33 bits per heavy atom. The summed E-state index contributed by atoms with van der Waals surface area (Å²) in [4.78, 5) is 9.49. The van der Waals surface area contributed by atoms with E-state index in [1.807, 2.05) is 18.2 Å². The second kappa shape index (κ2) is 6.03. The van der Waals surface area contributed by atoms with Crippen LogP contribution in [0.5, 0.6) is 0 Å². The summed E-state index contributed by atoms with van der Waals surface area (Å²) in [7, 11) is -3.50. The van der Waals surface area contributed by atoms with Crippen molar-refractivity contribution in [1.82, 2.24) is 0 Å². The molecule has 15 heavy (non-hydrogen) atoms. The average Bonchev–Trinajstić information content (AvgIpc) is 2.18. The Balaban J connectivity index is 2.46. The fourth-order valence-electron chi connectivity index (χ4n) is 1.15. The molecule has 0 radical (unpaired) electrons. The molecule has 1 aromatic rings. The van der Waals surface area contributed by atoms with E-state index in [-0.39, 0.29) is 12.8 Å². The van der Waals surface area contributed by atoms with E-state index in [1.54, 1.807) is 12.1 Å². The van der Waals surface area contributed by atoms with Gasteiger partial charge in [0.05, 0.1) is 12.8 Å². The molecule has 84 valence electrons. The molecule has 4 nitrogen and oxygen atoms in total. The number of benzene rings is 1. The smallest absolute Gasteiger partial charge is 0.330 e. The van der Waals surface area contributed by atoms with Crippen LogP contribution in [0.3, 0.4) is 0 Å². The van der Waals surface area contributed by atoms with Crippen LogP contribution in [0.25, 0.3) is 0 Å². The zero-order chi connectivity index (χ0) is 11.1. The van der Waals surface area contributed by atoms with Gasteiger partial charge in [-0.3, -0.25) is 4.57 Å². The number of hydrogen-bond acceptors (Lipinski definition) is 3. The van der Waals surface area contributed by atoms with Crippen LogP contribution in [0.1, 0.15) is 12.0 Å².